The standard InChI is InChI=1S/C24H19ClN2O/c1-16-22(24(28)26-15-17-7-3-2-4-8-17)20-9-5-6-10-21(20)27-23(16)18-11-13-19(25)14-12-18/h2-14H,15H2,1H3,(H,26,28). The molecule has 0 saturated heterocycles. The molecule has 0 aliphatic carbocycles. The molecule has 0 unspecified atom stereocenters. The highest BCUT2D eigenvalue weighted by Gasteiger charge is 2.18. The highest BCUT2D eigenvalue weighted by atomic mass is 35.5. The monoisotopic (exact) mass is 386 g/mol. The number of benzene rings is 3. The van der Waals surface area contributed by atoms with Gasteiger partial charge in [-0.25, -0.2) is 4.98 Å². The van der Waals surface area contributed by atoms with Gasteiger partial charge in [-0.15, -0.1) is 0 Å². The number of aromatic nitrogens is 1. The van der Waals surface area contributed by atoms with Crippen molar-refractivity contribution >= 4 is 28.4 Å². The average Bonchev–Trinajstić information content (AvgIpc) is 2.73. The van der Waals surface area contributed by atoms with Crippen molar-refractivity contribution in [3.05, 3.63) is 101 Å². The predicted octanol–water partition coefficient (Wildman–Crippen LogP) is 5.79. The van der Waals surface area contributed by atoms with Crippen LogP contribution in [-0.4, -0.2) is 10.9 Å². The fraction of sp³-hybridized carbons (Fsp3) is 0.0833. The van der Waals surface area contributed by atoms with Gasteiger partial charge >= 0.3 is 0 Å². The van der Waals surface area contributed by atoms with Gasteiger partial charge in [0.2, 0.25) is 0 Å². The second-order valence-electron chi connectivity index (χ2n) is 6.65. The van der Waals surface area contributed by atoms with Crippen LogP contribution >= 0.6 is 11.6 Å². The summed E-state index contributed by atoms with van der Waals surface area (Å²) in [4.78, 5) is 17.9. The quantitative estimate of drug-likeness (QED) is 0.482. The van der Waals surface area contributed by atoms with Gasteiger partial charge in [0.1, 0.15) is 0 Å². The number of nitrogens with zero attached hydrogens (tertiary/aromatic N) is 1. The van der Waals surface area contributed by atoms with Gasteiger partial charge in [-0.05, 0) is 36.2 Å². The molecule has 0 saturated carbocycles. The Balaban J connectivity index is 1.78. The number of halogens is 1. The molecule has 3 aromatic carbocycles. The number of amides is 1. The molecule has 3 nitrogen and oxygen atoms in total. The summed E-state index contributed by atoms with van der Waals surface area (Å²) in [6.45, 7) is 2.42. The van der Waals surface area contributed by atoms with E-state index in [1.807, 2.05) is 85.8 Å². The molecule has 138 valence electrons. The molecule has 4 rings (SSSR count). The zero-order chi connectivity index (χ0) is 19.5. The molecule has 0 radical (unpaired) electrons. The van der Waals surface area contributed by atoms with Crippen molar-refractivity contribution in [2.24, 2.45) is 0 Å². The molecule has 0 aliphatic rings. The molecule has 4 aromatic rings. The number of nitrogens with one attached hydrogen (secondary N) is 1. The number of para-hydroxylation sites is 1. The topological polar surface area (TPSA) is 42.0 Å². The normalized spacial score (nSPS) is 10.8. The summed E-state index contributed by atoms with van der Waals surface area (Å²) in [5.74, 6) is -0.102. The Morgan fingerprint density at radius 2 is 1.61 bits per heavy atom. The third-order valence-electron chi connectivity index (χ3n) is 4.78. The maximum atomic E-state index is 13.1. The maximum Gasteiger partial charge on any atom is 0.252 e. The first kappa shape index (κ1) is 18.2. The molecule has 28 heavy (non-hydrogen) atoms. The minimum Gasteiger partial charge on any atom is -0.348 e. The van der Waals surface area contributed by atoms with Gasteiger partial charge in [0.15, 0.2) is 0 Å². The van der Waals surface area contributed by atoms with Gasteiger partial charge < -0.3 is 5.32 Å². The lowest BCUT2D eigenvalue weighted by atomic mass is 9.97. The van der Waals surface area contributed by atoms with E-state index in [2.05, 4.69) is 5.32 Å². The molecule has 0 atom stereocenters. The maximum absolute atomic E-state index is 13.1. The number of fused-ring (bicyclic) bond motifs is 1. The first-order chi connectivity index (χ1) is 13.6. The van der Waals surface area contributed by atoms with Crippen molar-refractivity contribution < 1.29 is 4.79 Å². The number of carbonyl (C=O) groups excluding carboxylic acids is 1. The Bertz CT molecular complexity index is 1140. The SMILES string of the molecule is Cc1c(-c2ccc(Cl)cc2)nc2ccccc2c1C(=O)NCc1ccccc1. The van der Waals surface area contributed by atoms with E-state index < -0.39 is 0 Å². The van der Waals surface area contributed by atoms with Crippen molar-refractivity contribution in [1.82, 2.24) is 10.3 Å². The lowest BCUT2D eigenvalue weighted by molar-refractivity contribution is 0.0952. The molecule has 1 aromatic heterocycles. The molecule has 1 N–H and O–H groups in total. The molecule has 0 spiro atoms. The van der Waals surface area contributed by atoms with E-state index >= 15 is 0 Å². The summed E-state index contributed by atoms with van der Waals surface area (Å²) in [5.41, 5.74) is 5.09. The molecule has 0 bridgehead atoms. The van der Waals surface area contributed by atoms with E-state index in [1.165, 1.54) is 0 Å². The van der Waals surface area contributed by atoms with Crippen LogP contribution < -0.4 is 5.32 Å². The Kier molecular flexibility index (Phi) is 5.09. The highest BCUT2D eigenvalue weighted by Crippen LogP contribution is 2.30. The van der Waals surface area contributed by atoms with Gasteiger partial charge in [0.25, 0.3) is 5.91 Å². The Morgan fingerprint density at radius 3 is 2.36 bits per heavy atom. The molecular weight excluding hydrogens is 368 g/mol. The summed E-state index contributed by atoms with van der Waals surface area (Å²) < 4.78 is 0. The minimum absolute atomic E-state index is 0.102. The molecule has 0 fully saturated rings. The van der Waals surface area contributed by atoms with E-state index in [4.69, 9.17) is 16.6 Å². The van der Waals surface area contributed by atoms with Crippen molar-refractivity contribution in [3.8, 4) is 11.3 Å². The minimum atomic E-state index is -0.102. The number of hydrogen-bond donors (Lipinski definition) is 1. The first-order valence-electron chi connectivity index (χ1n) is 9.11. The van der Waals surface area contributed by atoms with E-state index in [0.29, 0.717) is 17.1 Å². The summed E-state index contributed by atoms with van der Waals surface area (Å²) in [5, 5.41) is 4.57. The van der Waals surface area contributed by atoms with Crippen LogP contribution in [0.25, 0.3) is 22.2 Å². The summed E-state index contributed by atoms with van der Waals surface area (Å²) >= 11 is 6.03. The Hall–Kier alpha value is -3.17. The first-order valence-corrected chi connectivity index (χ1v) is 9.48. The molecule has 1 amide bonds. The van der Waals surface area contributed by atoms with Gasteiger partial charge in [-0.3, -0.25) is 4.79 Å². The van der Waals surface area contributed by atoms with Crippen molar-refractivity contribution in [2.75, 3.05) is 0 Å². The van der Waals surface area contributed by atoms with Gasteiger partial charge in [-0.1, -0.05) is 72.3 Å². The smallest absolute Gasteiger partial charge is 0.252 e. The van der Waals surface area contributed by atoms with Crippen LogP contribution in [0.1, 0.15) is 21.5 Å². The average molecular weight is 387 g/mol. The molecule has 0 aliphatic heterocycles. The largest absolute Gasteiger partial charge is 0.348 e. The fourth-order valence-electron chi connectivity index (χ4n) is 3.36. The summed E-state index contributed by atoms with van der Waals surface area (Å²) in [7, 11) is 0. The van der Waals surface area contributed by atoms with E-state index in [9.17, 15) is 4.79 Å². The third kappa shape index (κ3) is 3.62. The van der Waals surface area contributed by atoms with E-state index in [-0.39, 0.29) is 5.91 Å². The van der Waals surface area contributed by atoms with Crippen LogP contribution in [0.4, 0.5) is 0 Å². The number of pyridine rings is 1. The van der Waals surface area contributed by atoms with Crippen LogP contribution in [0.5, 0.6) is 0 Å². The van der Waals surface area contributed by atoms with Crippen molar-refractivity contribution in [3.63, 3.8) is 0 Å². The lowest BCUT2D eigenvalue weighted by Crippen LogP contribution is -2.24. The van der Waals surface area contributed by atoms with Gasteiger partial charge in [-0.2, -0.15) is 0 Å². The number of rotatable bonds is 4. The Morgan fingerprint density at radius 1 is 0.929 bits per heavy atom. The number of hydrogen-bond acceptors (Lipinski definition) is 2. The predicted molar refractivity (Wildman–Crippen MR) is 115 cm³/mol. The fourth-order valence-corrected chi connectivity index (χ4v) is 3.48. The second kappa shape index (κ2) is 7.83. The highest BCUT2D eigenvalue weighted by molar-refractivity contribution is 6.30. The van der Waals surface area contributed by atoms with Crippen molar-refractivity contribution in [2.45, 2.75) is 13.5 Å². The van der Waals surface area contributed by atoms with Gasteiger partial charge in [0, 0.05) is 22.5 Å². The van der Waals surface area contributed by atoms with Gasteiger partial charge in [0.05, 0.1) is 16.8 Å². The van der Waals surface area contributed by atoms with Crippen LogP contribution in [0.2, 0.25) is 5.02 Å². The second-order valence-corrected chi connectivity index (χ2v) is 7.09. The van der Waals surface area contributed by atoms with Crippen LogP contribution in [0.15, 0.2) is 78.9 Å². The number of carbonyl (C=O) groups is 1. The van der Waals surface area contributed by atoms with Crippen LogP contribution in [0, 0.1) is 6.92 Å². The summed E-state index contributed by atoms with van der Waals surface area (Å²) in [6.07, 6.45) is 0. The molecule has 4 heteroatoms. The zero-order valence-corrected chi connectivity index (χ0v) is 16.2. The van der Waals surface area contributed by atoms with Crippen molar-refractivity contribution in [1.29, 1.82) is 0 Å². The van der Waals surface area contributed by atoms with Crippen LogP contribution in [0.3, 0.4) is 0 Å². The lowest BCUT2D eigenvalue weighted by Gasteiger charge is -2.15. The molecule has 1 heterocycles. The van der Waals surface area contributed by atoms with E-state index in [1.54, 1.807) is 0 Å². The van der Waals surface area contributed by atoms with Crippen LogP contribution in [-0.2, 0) is 6.54 Å². The zero-order valence-electron chi connectivity index (χ0n) is 15.4. The summed E-state index contributed by atoms with van der Waals surface area (Å²) in [6, 6.07) is 25.2. The van der Waals surface area contributed by atoms with E-state index in [0.717, 1.165) is 33.3 Å². The molecular formula is C24H19ClN2O. The third-order valence-corrected chi connectivity index (χ3v) is 5.03. The Labute approximate surface area is 169 Å².